The quantitative estimate of drug-likeness (QED) is 0.942. The number of rotatable bonds is 3. The zero-order chi connectivity index (χ0) is 14.0. The van der Waals surface area contributed by atoms with Crippen LogP contribution >= 0.6 is 0 Å². The van der Waals surface area contributed by atoms with Gasteiger partial charge in [-0.3, -0.25) is 9.71 Å². The minimum atomic E-state index is -3.95. The van der Waals surface area contributed by atoms with Crippen LogP contribution in [-0.4, -0.2) is 13.4 Å². The number of halogens is 2. The van der Waals surface area contributed by atoms with E-state index in [2.05, 4.69) is 9.71 Å². The van der Waals surface area contributed by atoms with Crippen molar-refractivity contribution in [3.63, 3.8) is 0 Å². The van der Waals surface area contributed by atoms with Gasteiger partial charge in [0.25, 0.3) is 10.0 Å². The van der Waals surface area contributed by atoms with Crippen LogP contribution in [-0.2, 0) is 10.0 Å². The van der Waals surface area contributed by atoms with Crippen molar-refractivity contribution in [2.75, 3.05) is 4.72 Å². The average Bonchev–Trinajstić information content (AvgIpc) is 2.32. The predicted octanol–water partition coefficient (Wildman–Crippen LogP) is 2.47. The van der Waals surface area contributed by atoms with Gasteiger partial charge in [0, 0.05) is 11.9 Å². The highest BCUT2D eigenvalue weighted by molar-refractivity contribution is 7.92. The standard InChI is InChI=1S/C12H10F2N2O2S/c1-8-6-9(4-5-15-8)16-19(17,18)10-2-3-11(13)12(14)7-10/h2-7H,1H3,(H,15,16). The third kappa shape index (κ3) is 3.05. The Labute approximate surface area is 109 Å². The summed E-state index contributed by atoms with van der Waals surface area (Å²) in [4.78, 5) is 3.58. The molecule has 1 aromatic heterocycles. The summed E-state index contributed by atoms with van der Waals surface area (Å²) in [6, 6.07) is 5.38. The molecule has 0 unspecified atom stereocenters. The van der Waals surface area contributed by atoms with Crippen molar-refractivity contribution in [2.24, 2.45) is 0 Å². The smallest absolute Gasteiger partial charge is 0.262 e. The molecule has 0 saturated heterocycles. The fourth-order valence-corrected chi connectivity index (χ4v) is 2.53. The molecule has 2 rings (SSSR count). The molecule has 0 fully saturated rings. The summed E-state index contributed by atoms with van der Waals surface area (Å²) in [5.74, 6) is -2.31. The highest BCUT2D eigenvalue weighted by Gasteiger charge is 2.16. The van der Waals surface area contributed by atoms with E-state index in [1.807, 2.05) is 0 Å². The minimum absolute atomic E-state index is 0.303. The Hall–Kier alpha value is -2.02. The summed E-state index contributed by atoms with van der Waals surface area (Å²) in [5, 5.41) is 0. The first kappa shape index (κ1) is 13.4. The number of sulfonamides is 1. The van der Waals surface area contributed by atoms with E-state index >= 15 is 0 Å². The molecule has 1 N–H and O–H groups in total. The molecule has 1 aromatic carbocycles. The largest absolute Gasteiger partial charge is 0.280 e. The van der Waals surface area contributed by atoms with Crippen molar-refractivity contribution in [1.29, 1.82) is 0 Å². The molecular formula is C12H10F2N2O2S. The Kier molecular flexibility index (Phi) is 3.48. The highest BCUT2D eigenvalue weighted by atomic mass is 32.2. The molecule has 0 spiro atoms. The van der Waals surface area contributed by atoms with Gasteiger partial charge in [-0.1, -0.05) is 0 Å². The summed E-state index contributed by atoms with van der Waals surface area (Å²) < 4.78 is 52.0. The van der Waals surface area contributed by atoms with Crippen LogP contribution in [0.2, 0.25) is 0 Å². The van der Waals surface area contributed by atoms with E-state index in [1.165, 1.54) is 18.3 Å². The Morgan fingerprint density at radius 1 is 1.11 bits per heavy atom. The fourth-order valence-electron chi connectivity index (χ4n) is 1.47. The second-order valence-corrected chi connectivity index (χ2v) is 5.55. The number of nitrogens with zero attached hydrogens (tertiary/aromatic N) is 1. The molecule has 0 aliphatic heterocycles. The van der Waals surface area contributed by atoms with E-state index in [1.54, 1.807) is 6.92 Å². The lowest BCUT2D eigenvalue weighted by Crippen LogP contribution is -2.13. The third-order valence-electron chi connectivity index (χ3n) is 2.35. The molecule has 0 atom stereocenters. The fraction of sp³-hybridized carbons (Fsp3) is 0.0833. The van der Waals surface area contributed by atoms with Crippen molar-refractivity contribution in [2.45, 2.75) is 11.8 Å². The van der Waals surface area contributed by atoms with Gasteiger partial charge in [0.1, 0.15) is 0 Å². The van der Waals surface area contributed by atoms with Crippen molar-refractivity contribution >= 4 is 15.7 Å². The Balaban J connectivity index is 2.35. The molecule has 4 nitrogen and oxygen atoms in total. The van der Waals surface area contributed by atoms with Crippen molar-refractivity contribution in [1.82, 2.24) is 4.98 Å². The lowest BCUT2D eigenvalue weighted by atomic mass is 10.3. The molecule has 0 amide bonds. The van der Waals surface area contributed by atoms with E-state index in [0.717, 1.165) is 12.1 Å². The second-order valence-electron chi connectivity index (χ2n) is 3.87. The van der Waals surface area contributed by atoms with E-state index in [-0.39, 0.29) is 4.90 Å². The molecule has 0 aliphatic carbocycles. The van der Waals surface area contributed by atoms with Crippen molar-refractivity contribution in [3.8, 4) is 0 Å². The summed E-state index contributed by atoms with van der Waals surface area (Å²) in [5.41, 5.74) is 0.933. The van der Waals surface area contributed by atoms with Gasteiger partial charge in [0.15, 0.2) is 11.6 Å². The maximum Gasteiger partial charge on any atom is 0.262 e. The van der Waals surface area contributed by atoms with Gasteiger partial charge >= 0.3 is 0 Å². The van der Waals surface area contributed by atoms with E-state index in [0.29, 0.717) is 17.4 Å². The summed E-state index contributed by atoms with van der Waals surface area (Å²) >= 11 is 0. The van der Waals surface area contributed by atoms with Gasteiger partial charge in [-0.15, -0.1) is 0 Å². The first-order chi connectivity index (χ1) is 8.88. The molecule has 100 valence electrons. The number of nitrogens with one attached hydrogen (secondary N) is 1. The number of benzene rings is 1. The van der Waals surface area contributed by atoms with E-state index < -0.39 is 21.7 Å². The molecular weight excluding hydrogens is 274 g/mol. The van der Waals surface area contributed by atoms with E-state index in [4.69, 9.17) is 0 Å². The maximum absolute atomic E-state index is 13.0. The van der Waals surface area contributed by atoms with Crippen LogP contribution in [0.5, 0.6) is 0 Å². The van der Waals surface area contributed by atoms with Crippen LogP contribution in [0.25, 0.3) is 0 Å². The second kappa shape index (κ2) is 4.93. The number of pyridine rings is 1. The lowest BCUT2D eigenvalue weighted by Gasteiger charge is -2.08. The van der Waals surface area contributed by atoms with Crippen molar-refractivity contribution in [3.05, 3.63) is 53.9 Å². The first-order valence-corrected chi connectivity index (χ1v) is 6.77. The van der Waals surface area contributed by atoms with Gasteiger partial charge in [-0.2, -0.15) is 0 Å². The topological polar surface area (TPSA) is 59.1 Å². The number of hydrogen-bond acceptors (Lipinski definition) is 3. The molecule has 19 heavy (non-hydrogen) atoms. The monoisotopic (exact) mass is 284 g/mol. The molecule has 0 aliphatic rings. The maximum atomic E-state index is 13.0. The predicted molar refractivity (Wildman–Crippen MR) is 66.1 cm³/mol. The number of hydrogen-bond donors (Lipinski definition) is 1. The Morgan fingerprint density at radius 3 is 2.47 bits per heavy atom. The third-order valence-corrected chi connectivity index (χ3v) is 3.73. The summed E-state index contributed by atoms with van der Waals surface area (Å²) in [7, 11) is -3.95. The van der Waals surface area contributed by atoms with Crippen LogP contribution < -0.4 is 4.72 Å². The molecule has 7 heteroatoms. The molecule has 2 aromatic rings. The molecule has 1 heterocycles. The SMILES string of the molecule is Cc1cc(NS(=O)(=O)c2ccc(F)c(F)c2)ccn1. The molecule has 0 saturated carbocycles. The Morgan fingerprint density at radius 2 is 1.84 bits per heavy atom. The van der Waals surface area contributed by atoms with Gasteiger partial charge in [-0.25, -0.2) is 17.2 Å². The van der Waals surface area contributed by atoms with Crippen LogP contribution in [0.3, 0.4) is 0 Å². The van der Waals surface area contributed by atoms with Gasteiger partial charge < -0.3 is 0 Å². The number of aromatic nitrogens is 1. The number of aryl methyl sites for hydroxylation is 1. The summed E-state index contributed by atoms with van der Waals surface area (Å²) in [6.07, 6.45) is 1.44. The van der Waals surface area contributed by atoms with E-state index in [9.17, 15) is 17.2 Å². The molecule has 0 bridgehead atoms. The number of anilines is 1. The van der Waals surface area contributed by atoms with Gasteiger partial charge in [-0.05, 0) is 37.3 Å². The lowest BCUT2D eigenvalue weighted by molar-refractivity contribution is 0.504. The minimum Gasteiger partial charge on any atom is -0.280 e. The van der Waals surface area contributed by atoms with Gasteiger partial charge in [0.05, 0.1) is 10.6 Å². The van der Waals surface area contributed by atoms with Gasteiger partial charge in [0.2, 0.25) is 0 Å². The zero-order valence-corrected chi connectivity index (χ0v) is 10.7. The Bertz CT molecular complexity index is 717. The van der Waals surface area contributed by atoms with Crippen LogP contribution in [0.15, 0.2) is 41.4 Å². The van der Waals surface area contributed by atoms with Crippen LogP contribution in [0.4, 0.5) is 14.5 Å². The normalized spacial score (nSPS) is 11.3. The zero-order valence-electron chi connectivity index (χ0n) is 9.89. The van der Waals surface area contributed by atoms with Crippen LogP contribution in [0, 0.1) is 18.6 Å². The average molecular weight is 284 g/mol. The van der Waals surface area contributed by atoms with Crippen LogP contribution in [0.1, 0.15) is 5.69 Å². The summed E-state index contributed by atoms with van der Waals surface area (Å²) in [6.45, 7) is 1.70. The highest BCUT2D eigenvalue weighted by Crippen LogP contribution is 2.18. The molecule has 0 radical (unpaired) electrons. The van der Waals surface area contributed by atoms with Crippen molar-refractivity contribution < 1.29 is 17.2 Å². The first-order valence-electron chi connectivity index (χ1n) is 5.29.